The lowest BCUT2D eigenvalue weighted by Crippen LogP contribution is -2.11. The van der Waals surface area contributed by atoms with Crippen molar-refractivity contribution < 1.29 is 5.11 Å². The van der Waals surface area contributed by atoms with Crippen molar-refractivity contribution >= 4 is 11.4 Å². The van der Waals surface area contributed by atoms with Crippen LogP contribution in [0.4, 0.5) is 11.4 Å². The second-order valence-corrected chi connectivity index (χ2v) is 5.12. The van der Waals surface area contributed by atoms with Gasteiger partial charge in [-0.3, -0.25) is 0 Å². The van der Waals surface area contributed by atoms with E-state index in [1.807, 2.05) is 13.0 Å². The van der Waals surface area contributed by atoms with Crippen molar-refractivity contribution in [2.24, 2.45) is 0 Å². The monoisotopic (exact) mass is 255 g/mol. The van der Waals surface area contributed by atoms with Crippen molar-refractivity contribution in [1.82, 2.24) is 0 Å². The van der Waals surface area contributed by atoms with Crippen LogP contribution >= 0.6 is 0 Å². The van der Waals surface area contributed by atoms with Crippen molar-refractivity contribution in [3.63, 3.8) is 0 Å². The van der Waals surface area contributed by atoms with Crippen LogP contribution in [-0.2, 0) is 6.61 Å². The lowest BCUT2D eigenvalue weighted by Gasteiger charge is -2.23. The maximum atomic E-state index is 9.23. The van der Waals surface area contributed by atoms with E-state index >= 15 is 0 Å². The molecule has 0 radical (unpaired) electrons. The van der Waals surface area contributed by atoms with Gasteiger partial charge in [0.1, 0.15) is 0 Å². The molecule has 100 valence electrons. The molecule has 2 rings (SSSR count). The first kappa shape index (κ1) is 13.6. The molecule has 0 heterocycles. The summed E-state index contributed by atoms with van der Waals surface area (Å²) in [5.74, 6) is 0. The molecule has 19 heavy (non-hydrogen) atoms. The van der Waals surface area contributed by atoms with E-state index in [2.05, 4.69) is 56.1 Å². The van der Waals surface area contributed by atoms with E-state index in [9.17, 15) is 5.11 Å². The Morgan fingerprint density at radius 3 is 2.26 bits per heavy atom. The standard InChI is InChI=1S/C17H21NO/c1-12-5-8-17(14(3)9-12)18(4)16-7-6-15(11-19)13(2)10-16/h5-10,19H,11H2,1-4H3. The molecule has 0 aliphatic rings. The van der Waals surface area contributed by atoms with Crippen LogP contribution < -0.4 is 4.90 Å². The quantitative estimate of drug-likeness (QED) is 0.900. The molecule has 1 N–H and O–H groups in total. The minimum absolute atomic E-state index is 0.0966. The first-order valence-electron chi connectivity index (χ1n) is 6.54. The number of aryl methyl sites for hydroxylation is 3. The smallest absolute Gasteiger partial charge is 0.0684 e. The Morgan fingerprint density at radius 1 is 0.947 bits per heavy atom. The lowest BCUT2D eigenvalue weighted by molar-refractivity contribution is 0.281. The van der Waals surface area contributed by atoms with Crippen molar-refractivity contribution in [3.05, 3.63) is 58.7 Å². The molecule has 0 amide bonds. The molecule has 0 fully saturated rings. The average molecular weight is 255 g/mol. The van der Waals surface area contributed by atoms with E-state index < -0.39 is 0 Å². The van der Waals surface area contributed by atoms with Crippen LogP contribution in [0, 0.1) is 20.8 Å². The molecule has 0 atom stereocenters. The summed E-state index contributed by atoms with van der Waals surface area (Å²) >= 11 is 0. The summed E-state index contributed by atoms with van der Waals surface area (Å²) in [7, 11) is 2.07. The molecule has 2 nitrogen and oxygen atoms in total. The minimum atomic E-state index is 0.0966. The van der Waals surface area contributed by atoms with E-state index in [-0.39, 0.29) is 6.61 Å². The van der Waals surface area contributed by atoms with Gasteiger partial charge in [0.05, 0.1) is 6.61 Å². The highest BCUT2D eigenvalue weighted by atomic mass is 16.3. The molecule has 0 unspecified atom stereocenters. The number of rotatable bonds is 3. The number of aliphatic hydroxyl groups excluding tert-OH is 1. The van der Waals surface area contributed by atoms with Gasteiger partial charge in [0, 0.05) is 18.4 Å². The first-order valence-corrected chi connectivity index (χ1v) is 6.54. The van der Waals surface area contributed by atoms with Crippen LogP contribution in [0.25, 0.3) is 0 Å². The zero-order valence-corrected chi connectivity index (χ0v) is 12.1. The fraction of sp³-hybridized carbons (Fsp3) is 0.294. The summed E-state index contributed by atoms with van der Waals surface area (Å²) in [6, 6.07) is 12.6. The van der Waals surface area contributed by atoms with E-state index in [1.165, 1.54) is 16.8 Å². The van der Waals surface area contributed by atoms with E-state index in [4.69, 9.17) is 0 Å². The van der Waals surface area contributed by atoms with Crippen LogP contribution in [-0.4, -0.2) is 12.2 Å². The van der Waals surface area contributed by atoms with Gasteiger partial charge in [-0.25, -0.2) is 0 Å². The number of benzene rings is 2. The number of nitrogens with zero attached hydrogens (tertiary/aromatic N) is 1. The molecule has 0 aromatic heterocycles. The summed E-state index contributed by atoms with van der Waals surface area (Å²) in [5.41, 5.74) is 7.01. The van der Waals surface area contributed by atoms with Gasteiger partial charge >= 0.3 is 0 Å². The summed E-state index contributed by atoms with van der Waals surface area (Å²) in [5, 5.41) is 9.23. The third-order valence-corrected chi connectivity index (χ3v) is 3.60. The highest BCUT2D eigenvalue weighted by molar-refractivity contribution is 5.66. The fourth-order valence-corrected chi connectivity index (χ4v) is 2.39. The highest BCUT2D eigenvalue weighted by Crippen LogP contribution is 2.28. The molecule has 0 saturated heterocycles. The van der Waals surface area contributed by atoms with Crippen molar-refractivity contribution in [3.8, 4) is 0 Å². The first-order chi connectivity index (χ1) is 9.02. The Balaban J connectivity index is 2.38. The predicted molar refractivity (Wildman–Crippen MR) is 81.1 cm³/mol. The number of aliphatic hydroxyl groups is 1. The number of hydrogen-bond acceptors (Lipinski definition) is 2. The normalized spacial score (nSPS) is 10.6. The highest BCUT2D eigenvalue weighted by Gasteiger charge is 2.08. The summed E-state index contributed by atoms with van der Waals surface area (Å²) in [6.07, 6.45) is 0. The summed E-state index contributed by atoms with van der Waals surface area (Å²) in [6.45, 7) is 6.37. The van der Waals surface area contributed by atoms with Crippen molar-refractivity contribution in [2.75, 3.05) is 11.9 Å². The van der Waals surface area contributed by atoms with Crippen LogP contribution in [0.2, 0.25) is 0 Å². The Morgan fingerprint density at radius 2 is 1.68 bits per heavy atom. The van der Waals surface area contributed by atoms with E-state index in [1.54, 1.807) is 0 Å². The molecule has 2 heteroatoms. The average Bonchev–Trinajstić information content (AvgIpc) is 2.38. The molecular formula is C17H21NO. The van der Waals surface area contributed by atoms with E-state index in [0.29, 0.717) is 0 Å². The molecule has 0 aliphatic carbocycles. The predicted octanol–water partition coefficient (Wildman–Crippen LogP) is 3.87. The Kier molecular flexibility index (Phi) is 3.91. The SMILES string of the molecule is Cc1ccc(N(C)c2ccc(CO)c(C)c2)c(C)c1. The topological polar surface area (TPSA) is 23.5 Å². The molecule has 0 saturated carbocycles. The molecule has 0 bridgehead atoms. The third-order valence-electron chi connectivity index (χ3n) is 3.60. The second kappa shape index (κ2) is 5.45. The van der Waals surface area contributed by atoms with Gasteiger partial charge in [0.15, 0.2) is 0 Å². The number of anilines is 2. The number of hydrogen-bond donors (Lipinski definition) is 1. The van der Waals surface area contributed by atoms with Crippen molar-refractivity contribution in [2.45, 2.75) is 27.4 Å². The van der Waals surface area contributed by atoms with Crippen LogP contribution in [0.3, 0.4) is 0 Å². The maximum Gasteiger partial charge on any atom is 0.0684 e. The van der Waals surface area contributed by atoms with E-state index in [0.717, 1.165) is 16.8 Å². The van der Waals surface area contributed by atoms with Crippen LogP contribution in [0.5, 0.6) is 0 Å². The van der Waals surface area contributed by atoms with Gasteiger partial charge < -0.3 is 10.0 Å². The fourth-order valence-electron chi connectivity index (χ4n) is 2.39. The van der Waals surface area contributed by atoms with Crippen LogP contribution in [0.15, 0.2) is 36.4 Å². The van der Waals surface area contributed by atoms with Crippen molar-refractivity contribution in [1.29, 1.82) is 0 Å². The Labute approximate surface area is 115 Å². The van der Waals surface area contributed by atoms with Crippen LogP contribution in [0.1, 0.15) is 22.3 Å². The van der Waals surface area contributed by atoms with Gasteiger partial charge in [-0.2, -0.15) is 0 Å². The molecule has 2 aromatic carbocycles. The molecule has 0 spiro atoms. The van der Waals surface area contributed by atoms with Gasteiger partial charge in [-0.1, -0.05) is 23.8 Å². The maximum absolute atomic E-state index is 9.23. The van der Waals surface area contributed by atoms with Gasteiger partial charge in [-0.15, -0.1) is 0 Å². The Hall–Kier alpha value is -1.80. The molecule has 2 aromatic rings. The molecule has 0 aliphatic heterocycles. The third kappa shape index (κ3) is 2.79. The second-order valence-electron chi connectivity index (χ2n) is 5.12. The lowest BCUT2D eigenvalue weighted by atomic mass is 10.1. The van der Waals surface area contributed by atoms with Gasteiger partial charge in [0.25, 0.3) is 0 Å². The summed E-state index contributed by atoms with van der Waals surface area (Å²) in [4.78, 5) is 2.18. The largest absolute Gasteiger partial charge is 0.392 e. The zero-order valence-electron chi connectivity index (χ0n) is 12.1. The van der Waals surface area contributed by atoms with Gasteiger partial charge in [-0.05, 0) is 55.7 Å². The zero-order chi connectivity index (χ0) is 14.0. The minimum Gasteiger partial charge on any atom is -0.392 e. The Bertz CT molecular complexity index is 590. The molecular weight excluding hydrogens is 234 g/mol. The van der Waals surface area contributed by atoms with Gasteiger partial charge in [0.2, 0.25) is 0 Å². The summed E-state index contributed by atoms with van der Waals surface area (Å²) < 4.78 is 0.